The molecule has 1 unspecified atom stereocenters. The Labute approximate surface area is 118 Å². The molecule has 1 aromatic heterocycles. The molecular formula is C15H20N2O3. The van der Waals surface area contributed by atoms with Gasteiger partial charge in [-0.3, -0.25) is 4.90 Å². The molecule has 1 atom stereocenters. The van der Waals surface area contributed by atoms with Crippen molar-refractivity contribution >= 4 is 0 Å². The molecule has 0 aliphatic rings. The molecule has 0 saturated carbocycles. The van der Waals surface area contributed by atoms with Gasteiger partial charge in [-0.2, -0.15) is 0 Å². The molecule has 1 heterocycles. The second-order valence-electron chi connectivity index (χ2n) is 4.95. The summed E-state index contributed by atoms with van der Waals surface area (Å²) in [6.45, 7) is 1.33. The maximum absolute atomic E-state index is 9.45. The minimum Gasteiger partial charge on any atom is -0.504 e. The maximum Gasteiger partial charge on any atom is 0.157 e. The van der Waals surface area contributed by atoms with Crippen LogP contribution in [0.5, 0.6) is 11.5 Å². The molecule has 0 amide bonds. The van der Waals surface area contributed by atoms with Crippen molar-refractivity contribution in [3.8, 4) is 11.5 Å². The number of phenolic OH excluding ortho intramolecular Hbond substituents is 2. The van der Waals surface area contributed by atoms with Gasteiger partial charge in [0, 0.05) is 13.1 Å². The molecule has 0 aliphatic carbocycles. The summed E-state index contributed by atoms with van der Waals surface area (Å²) in [5, 5.41) is 22.0. The van der Waals surface area contributed by atoms with Gasteiger partial charge in [-0.15, -0.1) is 0 Å². The number of furan rings is 1. The van der Waals surface area contributed by atoms with Gasteiger partial charge in [-0.05, 0) is 43.9 Å². The molecular weight excluding hydrogens is 256 g/mol. The lowest BCUT2D eigenvalue weighted by Crippen LogP contribution is -2.30. The van der Waals surface area contributed by atoms with E-state index >= 15 is 0 Å². The first-order valence-corrected chi connectivity index (χ1v) is 6.49. The third-order valence-corrected chi connectivity index (χ3v) is 3.20. The summed E-state index contributed by atoms with van der Waals surface area (Å²) in [4.78, 5) is 2.08. The summed E-state index contributed by atoms with van der Waals surface area (Å²) in [6, 6.07) is 8.81. The van der Waals surface area contributed by atoms with Crippen LogP contribution in [-0.2, 0) is 6.54 Å². The number of rotatable bonds is 6. The summed E-state index contributed by atoms with van der Waals surface area (Å²) in [6.07, 6.45) is 1.67. The van der Waals surface area contributed by atoms with Gasteiger partial charge in [0.2, 0.25) is 0 Å². The Kier molecular flexibility index (Phi) is 4.65. The van der Waals surface area contributed by atoms with E-state index in [4.69, 9.17) is 4.42 Å². The molecule has 0 saturated heterocycles. The van der Waals surface area contributed by atoms with Crippen molar-refractivity contribution in [3.05, 3.63) is 47.9 Å². The zero-order valence-corrected chi connectivity index (χ0v) is 11.7. The monoisotopic (exact) mass is 276 g/mol. The number of hydrogen-bond acceptors (Lipinski definition) is 5. The predicted octanol–water partition coefficient (Wildman–Crippen LogP) is 2.08. The SMILES string of the molecule is CN(C)C(CNCc1ccc(O)c(O)c1)c1ccco1. The lowest BCUT2D eigenvalue weighted by molar-refractivity contribution is 0.250. The molecule has 0 aliphatic heterocycles. The molecule has 2 aromatic rings. The standard InChI is InChI=1S/C15H20N2O3/c1-17(2)12(15-4-3-7-20-15)10-16-9-11-5-6-13(18)14(19)8-11/h3-8,12,16,18-19H,9-10H2,1-2H3. The average Bonchev–Trinajstić information content (AvgIpc) is 2.92. The molecule has 20 heavy (non-hydrogen) atoms. The number of benzene rings is 1. The fraction of sp³-hybridized carbons (Fsp3) is 0.333. The van der Waals surface area contributed by atoms with Gasteiger partial charge in [0.25, 0.3) is 0 Å². The molecule has 0 bridgehead atoms. The first kappa shape index (κ1) is 14.4. The van der Waals surface area contributed by atoms with Gasteiger partial charge in [-0.25, -0.2) is 0 Å². The molecule has 108 valence electrons. The van der Waals surface area contributed by atoms with Gasteiger partial charge in [0.1, 0.15) is 5.76 Å². The highest BCUT2D eigenvalue weighted by Gasteiger charge is 2.16. The summed E-state index contributed by atoms with van der Waals surface area (Å²) in [7, 11) is 4.00. The highest BCUT2D eigenvalue weighted by Crippen LogP contribution is 2.25. The minimum absolute atomic E-state index is 0.0977. The van der Waals surface area contributed by atoms with E-state index in [1.54, 1.807) is 18.4 Å². The smallest absolute Gasteiger partial charge is 0.157 e. The van der Waals surface area contributed by atoms with Crippen molar-refractivity contribution < 1.29 is 14.6 Å². The number of nitrogens with zero attached hydrogens (tertiary/aromatic N) is 1. The van der Waals surface area contributed by atoms with Crippen LogP contribution in [0.15, 0.2) is 41.0 Å². The van der Waals surface area contributed by atoms with Gasteiger partial charge in [-0.1, -0.05) is 6.07 Å². The van der Waals surface area contributed by atoms with Crippen LogP contribution in [0.2, 0.25) is 0 Å². The van der Waals surface area contributed by atoms with E-state index in [1.807, 2.05) is 26.2 Å². The quantitative estimate of drug-likeness (QED) is 0.705. The van der Waals surface area contributed by atoms with Crippen LogP contribution in [0, 0.1) is 0 Å². The van der Waals surface area contributed by atoms with Gasteiger partial charge in [0.05, 0.1) is 12.3 Å². The minimum atomic E-state index is -0.101. The molecule has 0 spiro atoms. The number of phenols is 2. The lowest BCUT2D eigenvalue weighted by Gasteiger charge is -2.22. The number of likely N-dealkylation sites (N-methyl/N-ethyl adjacent to an activating group) is 1. The van der Waals surface area contributed by atoms with E-state index < -0.39 is 0 Å². The number of aromatic hydroxyl groups is 2. The first-order valence-electron chi connectivity index (χ1n) is 6.49. The normalized spacial score (nSPS) is 12.8. The van der Waals surface area contributed by atoms with Crippen molar-refractivity contribution in [2.24, 2.45) is 0 Å². The Morgan fingerprint density at radius 3 is 2.60 bits per heavy atom. The summed E-state index contributed by atoms with van der Waals surface area (Å²) < 4.78 is 5.44. The van der Waals surface area contributed by atoms with Crippen molar-refractivity contribution in [1.82, 2.24) is 10.2 Å². The highest BCUT2D eigenvalue weighted by molar-refractivity contribution is 5.40. The average molecular weight is 276 g/mol. The summed E-state index contributed by atoms with van der Waals surface area (Å²) in [5.41, 5.74) is 0.914. The van der Waals surface area contributed by atoms with E-state index in [9.17, 15) is 10.2 Å². The Balaban J connectivity index is 1.92. The van der Waals surface area contributed by atoms with Crippen LogP contribution in [0.4, 0.5) is 0 Å². The fourth-order valence-corrected chi connectivity index (χ4v) is 2.05. The Morgan fingerprint density at radius 2 is 2.00 bits per heavy atom. The first-order chi connectivity index (χ1) is 9.58. The van der Waals surface area contributed by atoms with Crippen molar-refractivity contribution in [1.29, 1.82) is 0 Å². The second-order valence-corrected chi connectivity index (χ2v) is 4.95. The summed E-state index contributed by atoms with van der Waals surface area (Å²) >= 11 is 0. The zero-order chi connectivity index (χ0) is 14.5. The van der Waals surface area contributed by atoms with Crippen LogP contribution >= 0.6 is 0 Å². The zero-order valence-electron chi connectivity index (χ0n) is 11.7. The van der Waals surface area contributed by atoms with Gasteiger partial charge >= 0.3 is 0 Å². The van der Waals surface area contributed by atoms with Crippen molar-refractivity contribution in [3.63, 3.8) is 0 Å². The molecule has 2 rings (SSSR count). The number of hydrogen-bond donors (Lipinski definition) is 3. The van der Waals surface area contributed by atoms with Crippen LogP contribution < -0.4 is 5.32 Å². The van der Waals surface area contributed by atoms with Gasteiger partial charge < -0.3 is 19.9 Å². The Morgan fingerprint density at radius 1 is 1.20 bits per heavy atom. The van der Waals surface area contributed by atoms with E-state index in [1.165, 1.54) is 6.07 Å². The third kappa shape index (κ3) is 3.53. The molecule has 5 nitrogen and oxygen atoms in total. The number of nitrogens with one attached hydrogen (secondary N) is 1. The molecule has 5 heteroatoms. The predicted molar refractivity (Wildman–Crippen MR) is 76.6 cm³/mol. The van der Waals surface area contributed by atoms with E-state index in [-0.39, 0.29) is 17.5 Å². The largest absolute Gasteiger partial charge is 0.504 e. The molecule has 3 N–H and O–H groups in total. The second kappa shape index (κ2) is 6.45. The highest BCUT2D eigenvalue weighted by atomic mass is 16.3. The van der Waals surface area contributed by atoms with Gasteiger partial charge in [0.15, 0.2) is 11.5 Å². The third-order valence-electron chi connectivity index (χ3n) is 3.20. The summed E-state index contributed by atoms with van der Waals surface area (Å²) in [5.74, 6) is 0.714. The van der Waals surface area contributed by atoms with Crippen molar-refractivity contribution in [2.75, 3.05) is 20.6 Å². The molecule has 1 aromatic carbocycles. The van der Waals surface area contributed by atoms with Crippen molar-refractivity contribution in [2.45, 2.75) is 12.6 Å². The Hall–Kier alpha value is -1.98. The lowest BCUT2D eigenvalue weighted by atomic mass is 10.1. The van der Waals surface area contributed by atoms with Crippen LogP contribution in [-0.4, -0.2) is 35.8 Å². The topological polar surface area (TPSA) is 68.9 Å². The van der Waals surface area contributed by atoms with E-state index in [0.717, 1.165) is 17.9 Å². The molecule has 0 radical (unpaired) electrons. The molecule has 0 fully saturated rings. The van der Waals surface area contributed by atoms with E-state index in [0.29, 0.717) is 6.54 Å². The Bertz CT molecular complexity index is 538. The van der Waals surface area contributed by atoms with E-state index in [2.05, 4.69) is 10.2 Å². The van der Waals surface area contributed by atoms with Crippen LogP contribution in [0.1, 0.15) is 17.4 Å². The maximum atomic E-state index is 9.45. The van der Waals surface area contributed by atoms with Crippen LogP contribution in [0.25, 0.3) is 0 Å². The fourth-order valence-electron chi connectivity index (χ4n) is 2.05. The van der Waals surface area contributed by atoms with Crippen LogP contribution in [0.3, 0.4) is 0 Å².